The second-order valence-electron chi connectivity index (χ2n) is 4.32. The lowest BCUT2D eigenvalue weighted by atomic mass is 10.1. The zero-order chi connectivity index (χ0) is 14.2. The number of carbonyl (C=O) groups excluding carboxylic acids is 2. The number of amides is 3. The Morgan fingerprint density at radius 1 is 1.37 bits per heavy atom. The summed E-state index contributed by atoms with van der Waals surface area (Å²) >= 11 is 0. The fraction of sp³-hybridized carbons (Fsp3) is 0.333. The molecule has 1 aromatic rings. The number of aliphatic hydroxyl groups is 1. The number of hydrogen-bond donors (Lipinski definition) is 1. The van der Waals surface area contributed by atoms with E-state index in [0.29, 0.717) is 6.07 Å². The smallest absolute Gasteiger partial charge is 0.327 e. The fourth-order valence-corrected chi connectivity index (χ4v) is 1.89. The monoisotopic (exact) mass is 270 g/mol. The maximum atomic E-state index is 13.4. The van der Waals surface area contributed by atoms with Crippen molar-refractivity contribution in [1.29, 1.82) is 0 Å². The van der Waals surface area contributed by atoms with Crippen molar-refractivity contribution in [2.75, 3.05) is 20.1 Å². The van der Waals surface area contributed by atoms with Crippen molar-refractivity contribution in [2.45, 2.75) is 6.10 Å². The van der Waals surface area contributed by atoms with Crippen LogP contribution in [0, 0.1) is 11.6 Å². The Hall–Kier alpha value is -2.02. The van der Waals surface area contributed by atoms with E-state index < -0.39 is 29.7 Å². The molecule has 3 amide bonds. The minimum Gasteiger partial charge on any atom is -0.386 e. The van der Waals surface area contributed by atoms with Gasteiger partial charge in [-0.25, -0.2) is 13.6 Å². The Morgan fingerprint density at radius 2 is 2.05 bits per heavy atom. The van der Waals surface area contributed by atoms with E-state index in [-0.39, 0.29) is 18.7 Å². The average molecular weight is 270 g/mol. The third-order valence-electron chi connectivity index (χ3n) is 2.91. The molecule has 1 heterocycles. The van der Waals surface area contributed by atoms with Gasteiger partial charge in [0.05, 0.1) is 12.6 Å². The lowest BCUT2D eigenvalue weighted by molar-refractivity contribution is -0.126. The molecule has 5 nitrogen and oxygen atoms in total. The van der Waals surface area contributed by atoms with Gasteiger partial charge in [-0.3, -0.25) is 9.69 Å². The van der Waals surface area contributed by atoms with Gasteiger partial charge in [0.25, 0.3) is 0 Å². The minimum atomic E-state index is -1.39. The molecule has 7 heteroatoms. The summed E-state index contributed by atoms with van der Waals surface area (Å²) in [4.78, 5) is 25.1. The number of hydrogen-bond acceptors (Lipinski definition) is 3. The number of urea groups is 1. The van der Waals surface area contributed by atoms with Gasteiger partial charge in [-0.1, -0.05) is 6.07 Å². The first-order valence-corrected chi connectivity index (χ1v) is 5.58. The summed E-state index contributed by atoms with van der Waals surface area (Å²) in [6.45, 7) is -0.429. The largest absolute Gasteiger partial charge is 0.386 e. The molecule has 0 spiro atoms. The highest BCUT2D eigenvalue weighted by molar-refractivity contribution is 6.01. The first kappa shape index (κ1) is 13.4. The van der Waals surface area contributed by atoms with Crippen LogP contribution in [0.2, 0.25) is 0 Å². The highest BCUT2D eigenvalue weighted by atomic mass is 19.1. The van der Waals surface area contributed by atoms with Crippen LogP contribution in [-0.2, 0) is 4.79 Å². The molecule has 1 aliphatic heterocycles. The molecule has 19 heavy (non-hydrogen) atoms. The number of β-amino-alcohol motifs (C(OH)–C–C–N with tert-alkyl or cyclic N) is 1. The summed E-state index contributed by atoms with van der Waals surface area (Å²) in [5.74, 6) is -2.14. The normalized spacial score (nSPS) is 17.3. The van der Waals surface area contributed by atoms with Crippen LogP contribution < -0.4 is 0 Å². The predicted octanol–water partition coefficient (Wildman–Crippen LogP) is 0.892. The maximum absolute atomic E-state index is 13.4. The van der Waals surface area contributed by atoms with Crippen LogP contribution in [-0.4, -0.2) is 47.0 Å². The highest BCUT2D eigenvalue weighted by Crippen LogP contribution is 2.21. The molecule has 1 unspecified atom stereocenters. The van der Waals surface area contributed by atoms with E-state index in [9.17, 15) is 23.5 Å². The lowest BCUT2D eigenvalue weighted by Crippen LogP contribution is -2.35. The maximum Gasteiger partial charge on any atom is 0.327 e. The quantitative estimate of drug-likeness (QED) is 0.830. The molecule has 1 aliphatic rings. The molecule has 2 rings (SSSR count). The molecule has 0 bridgehead atoms. The second-order valence-corrected chi connectivity index (χ2v) is 4.32. The SMILES string of the molecule is CN1CC(=O)N(CC(O)c2ccc(F)cc2F)C1=O. The zero-order valence-corrected chi connectivity index (χ0v) is 10.1. The minimum absolute atomic E-state index is 0.0720. The van der Waals surface area contributed by atoms with E-state index in [1.54, 1.807) is 0 Å². The van der Waals surface area contributed by atoms with Crippen molar-refractivity contribution < 1.29 is 23.5 Å². The van der Waals surface area contributed by atoms with Crippen molar-refractivity contribution in [2.24, 2.45) is 0 Å². The van der Waals surface area contributed by atoms with Crippen molar-refractivity contribution in [3.8, 4) is 0 Å². The molecule has 1 saturated heterocycles. The Kier molecular flexibility index (Phi) is 3.48. The molecule has 1 N–H and O–H groups in total. The van der Waals surface area contributed by atoms with Gasteiger partial charge in [0.2, 0.25) is 5.91 Å². The van der Waals surface area contributed by atoms with Crippen LogP contribution in [0.5, 0.6) is 0 Å². The topological polar surface area (TPSA) is 60.9 Å². The molecular formula is C12H12F2N2O3. The number of imide groups is 1. The van der Waals surface area contributed by atoms with Crippen molar-refractivity contribution in [3.05, 3.63) is 35.4 Å². The van der Waals surface area contributed by atoms with E-state index in [1.807, 2.05) is 0 Å². The highest BCUT2D eigenvalue weighted by Gasteiger charge is 2.35. The molecule has 0 aromatic heterocycles. The lowest BCUT2D eigenvalue weighted by Gasteiger charge is -2.19. The summed E-state index contributed by atoms with van der Waals surface area (Å²) in [7, 11) is 1.45. The molecule has 0 saturated carbocycles. The van der Waals surface area contributed by atoms with Gasteiger partial charge >= 0.3 is 6.03 Å². The van der Waals surface area contributed by atoms with Gasteiger partial charge in [0.15, 0.2) is 0 Å². The Morgan fingerprint density at radius 3 is 2.58 bits per heavy atom. The van der Waals surface area contributed by atoms with Crippen LogP contribution >= 0.6 is 0 Å². The van der Waals surface area contributed by atoms with Crippen molar-refractivity contribution in [3.63, 3.8) is 0 Å². The molecule has 1 atom stereocenters. The molecule has 0 aliphatic carbocycles. The van der Waals surface area contributed by atoms with E-state index in [4.69, 9.17) is 0 Å². The molecule has 102 valence electrons. The molecule has 1 aromatic carbocycles. The number of benzene rings is 1. The van der Waals surface area contributed by atoms with Crippen molar-refractivity contribution >= 4 is 11.9 Å². The van der Waals surface area contributed by atoms with Gasteiger partial charge in [0.1, 0.15) is 18.2 Å². The average Bonchev–Trinajstić information content (AvgIpc) is 2.56. The van der Waals surface area contributed by atoms with Gasteiger partial charge in [0, 0.05) is 18.7 Å². The number of nitrogens with zero attached hydrogens (tertiary/aromatic N) is 2. The van der Waals surface area contributed by atoms with Crippen molar-refractivity contribution in [1.82, 2.24) is 9.80 Å². The number of aliphatic hydroxyl groups excluding tert-OH is 1. The fourth-order valence-electron chi connectivity index (χ4n) is 1.89. The molecule has 1 fully saturated rings. The van der Waals surface area contributed by atoms with E-state index in [0.717, 1.165) is 17.0 Å². The van der Waals surface area contributed by atoms with Gasteiger partial charge < -0.3 is 10.0 Å². The number of rotatable bonds is 3. The van der Waals surface area contributed by atoms with Crippen LogP contribution in [0.25, 0.3) is 0 Å². The van der Waals surface area contributed by atoms with Crippen LogP contribution in [0.4, 0.5) is 13.6 Å². The third-order valence-corrected chi connectivity index (χ3v) is 2.91. The summed E-state index contributed by atoms with van der Waals surface area (Å²) < 4.78 is 26.2. The van der Waals surface area contributed by atoms with Gasteiger partial charge in [-0.15, -0.1) is 0 Å². The second kappa shape index (κ2) is 4.93. The first-order chi connectivity index (χ1) is 8.90. The standard InChI is InChI=1S/C12H12F2N2O3/c1-15-6-11(18)16(12(15)19)5-10(17)8-3-2-7(13)4-9(8)14/h2-4,10,17H,5-6H2,1H3. The summed E-state index contributed by atoms with van der Waals surface area (Å²) in [5, 5.41) is 9.85. The van der Waals surface area contributed by atoms with E-state index in [1.165, 1.54) is 11.9 Å². The number of likely N-dealkylation sites (N-methyl/N-ethyl adjacent to an activating group) is 1. The van der Waals surface area contributed by atoms with Gasteiger partial charge in [-0.2, -0.15) is 0 Å². The zero-order valence-electron chi connectivity index (χ0n) is 10.1. The number of carbonyl (C=O) groups is 2. The summed E-state index contributed by atoms with van der Waals surface area (Å²) in [6.07, 6.45) is -1.39. The van der Waals surface area contributed by atoms with Crippen LogP contribution in [0.1, 0.15) is 11.7 Å². The molecular weight excluding hydrogens is 258 g/mol. The Bertz CT molecular complexity index is 536. The van der Waals surface area contributed by atoms with Crippen LogP contribution in [0.3, 0.4) is 0 Å². The van der Waals surface area contributed by atoms with E-state index in [2.05, 4.69) is 0 Å². The first-order valence-electron chi connectivity index (χ1n) is 5.58. The third kappa shape index (κ3) is 2.55. The van der Waals surface area contributed by atoms with Gasteiger partial charge in [-0.05, 0) is 6.07 Å². The van der Waals surface area contributed by atoms with E-state index >= 15 is 0 Å². The van der Waals surface area contributed by atoms with Crippen LogP contribution in [0.15, 0.2) is 18.2 Å². The molecule has 0 radical (unpaired) electrons. The Labute approximate surface area is 108 Å². The summed E-state index contributed by atoms with van der Waals surface area (Å²) in [6, 6.07) is 2.18. The number of halogens is 2. The predicted molar refractivity (Wildman–Crippen MR) is 61.1 cm³/mol. The Balaban J connectivity index is 2.15. The summed E-state index contributed by atoms with van der Waals surface area (Å²) in [5.41, 5.74) is -0.156.